The molecule has 0 fully saturated rings. The molecule has 6 heteroatoms. The van der Waals surface area contributed by atoms with E-state index in [1.807, 2.05) is 36.4 Å². The molecule has 3 aromatic rings. The topological polar surface area (TPSA) is 98.0 Å². The maximum Gasteiger partial charge on any atom is 0.271 e. The minimum Gasteiger partial charge on any atom is -0.364 e. The zero-order valence-corrected chi connectivity index (χ0v) is 13.6. The first-order valence-electron chi connectivity index (χ1n) is 8.04. The summed E-state index contributed by atoms with van der Waals surface area (Å²) in [4.78, 5) is 32.3. The minimum atomic E-state index is -0.724. The average Bonchev–Trinajstić information content (AvgIpc) is 2.62. The fraction of sp³-hybridized carbons (Fsp3) is 0.158. The molecule has 2 aromatic carbocycles. The zero-order valence-electron chi connectivity index (χ0n) is 13.6. The number of fused-ring (bicyclic) bond motifs is 1. The molecule has 0 aliphatic carbocycles. The lowest BCUT2D eigenvalue weighted by atomic mass is 10.1. The number of aryl methyl sites for hydroxylation is 1. The van der Waals surface area contributed by atoms with Crippen LogP contribution < -0.4 is 11.1 Å². The number of hydrogen-bond acceptors (Lipinski definition) is 4. The lowest BCUT2D eigenvalue weighted by Crippen LogP contribution is -2.21. The SMILES string of the molecule is NC(=O)c1nc2ccccc2nc1NC(=O)CCCc1ccccc1. The van der Waals surface area contributed by atoms with Crippen molar-refractivity contribution in [3.05, 3.63) is 65.9 Å². The van der Waals surface area contributed by atoms with Crippen molar-refractivity contribution in [2.24, 2.45) is 5.73 Å². The molecule has 0 aliphatic heterocycles. The minimum absolute atomic E-state index is 0.0323. The number of carbonyl (C=O) groups is 2. The first kappa shape index (κ1) is 16.6. The second-order valence-corrected chi connectivity index (χ2v) is 5.66. The number of nitrogens with one attached hydrogen (secondary N) is 1. The predicted molar refractivity (Wildman–Crippen MR) is 96.1 cm³/mol. The maximum absolute atomic E-state index is 12.2. The van der Waals surface area contributed by atoms with Crippen molar-refractivity contribution < 1.29 is 9.59 Å². The molecule has 0 atom stereocenters. The highest BCUT2D eigenvalue weighted by Crippen LogP contribution is 2.17. The van der Waals surface area contributed by atoms with Gasteiger partial charge in [-0.05, 0) is 30.5 Å². The van der Waals surface area contributed by atoms with Crippen molar-refractivity contribution in [1.29, 1.82) is 0 Å². The molecule has 1 aromatic heterocycles. The Bertz CT molecular complexity index is 910. The fourth-order valence-electron chi connectivity index (χ4n) is 2.55. The van der Waals surface area contributed by atoms with Gasteiger partial charge in [-0.25, -0.2) is 9.97 Å². The Kier molecular flexibility index (Phi) is 4.99. The van der Waals surface area contributed by atoms with E-state index in [-0.39, 0.29) is 17.4 Å². The van der Waals surface area contributed by atoms with Crippen LogP contribution in [-0.4, -0.2) is 21.8 Å². The van der Waals surface area contributed by atoms with Crippen molar-refractivity contribution in [2.75, 3.05) is 5.32 Å². The molecule has 126 valence electrons. The van der Waals surface area contributed by atoms with Crippen LogP contribution in [0.2, 0.25) is 0 Å². The Morgan fingerprint density at radius 2 is 1.56 bits per heavy atom. The Morgan fingerprint density at radius 3 is 2.24 bits per heavy atom. The average molecular weight is 334 g/mol. The van der Waals surface area contributed by atoms with Gasteiger partial charge >= 0.3 is 0 Å². The second kappa shape index (κ2) is 7.53. The van der Waals surface area contributed by atoms with Crippen LogP contribution in [0.4, 0.5) is 5.82 Å². The number of rotatable bonds is 6. The Morgan fingerprint density at radius 1 is 0.920 bits per heavy atom. The number of benzene rings is 2. The van der Waals surface area contributed by atoms with E-state index in [9.17, 15) is 9.59 Å². The number of para-hydroxylation sites is 2. The van der Waals surface area contributed by atoms with Crippen molar-refractivity contribution in [2.45, 2.75) is 19.3 Å². The number of hydrogen-bond donors (Lipinski definition) is 2. The van der Waals surface area contributed by atoms with Crippen LogP contribution in [0.3, 0.4) is 0 Å². The molecule has 2 amide bonds. The number of nitrogens with two attached hydrogens (primary N) is 1. The summed E-state index contributed by atoms with van der Waals surface area (Å²) in [5.41, 5.74) is 7.66. The first-order chi connectivity index (χ1) is 12.1. The molecule has 1 heterocycles. The molecule has 0 bridgehead atoms. The van der Waals surface area contributed by atoms with E-state index >= 15 is 0 Å². The number of nitrogens with zero attached hydrogens (tertiary/aromatic N) is 2. The standard InChI is InChI=1S/C19H18N4O2/c20-18(25)17-19(22-15-11-5-4-10-14(15)21-17)23-16(24)12-6-9-13-7-2-1-3-8-13/h1-5,7-8,10-11H,6,9,12H2,(H2,20,25)(H,22,23,24). The summed E-state index contributed by atoms with van der Waals surface area (Å²) >= 11 is 0. The summed E-state index contributed by atoms with van der Waals surface area (Å²) in [6.07, 6.45) is 1.82. The Hall–Kier alpha value is -3.28. The van der Waals surface area contributed by atoms with Crippen LogP contribution in [0, 0.1) is 0 Å². The third-order valence-electron chi connectivity index (χ3n) is 3.77. The zero-order chi connectivity index (χ0) is 17.6. The summed E-state index contributed by atoms with van der Waals surface area (Å²) in [6.45, 7) is 0. The van der Waals surface area contributed by atoms with Crippen LogP contribution in [0.15, 0.2) is 54.6 Å². The first-order valence-corrected chi connectivity index (χ1v) is 8.04. The summed E-state index contributed by atoms with van der Waals surface area (Å²) in [6, 6.07) is 17.1. The molecule has 0 unspecified atom stereocenters. The van der Waals surface area contributed by atoms with Gasteiger partial charge in [0.05, 0.1) is 11.0 Å². The molecule has 0 spiro atoms. The van der Waals surface area contributed by atoms with Crippen molar-refractivity contribution in [3.63, 3.8) is 0 Å². The van der Waals surface area contributed by atoms with Gasteiger partial charge in [0.2, 0.25) is 5.91 Å². The third kappa shape index (κ3) is 4.17. The van der Waals surface area contributed by atoms with Gasteiger partial charge in [-0.1, -0.05) is 42.5 Å². The van der Waals surface area contributed by atoms with Gasteiger partial charge < -0.3 is 11.1 Å². The van der Waals surface area contributed by atoms with Crippen LogP contribution >= 0.6 is 0 Å². The highest BCUT2D eigenvalue weighted by molar-refractivity contribution is 6.02. The van der Waals surface area contributed by atoms with Gasteiger partial charge in [0.15, 0.2) is 11.5 Å². The molecule has 0 saturated carbocycles. The predicted octanol–water partition coefficient (Wildman–Crippen LogP) is 2.69. The number of amides is 2. The van der Waals surface area contributed by atoms with Gasteiger partial charge in [0.1, 0.15) is 0 Å². The molecule has 0 radical (unpaired) electrons. The van der Waals surface area contributed by atoms with Crippen LogP contribution in [-0.2, 0) is 11.2 Å². The summed E-state index contributed by atoms with van der Waals surface area (Å²) in [5, 5.41) is 2.66. The summed E-state index contributed by atoms with van der Waals surface area (Å²) < 4.78 is 0. The van der Waals surface area contributed by atoms with E-state index in [1.54, 1.807) is 18.2 Å². The molecule has 25 heavy (non-hydrogen) atoms. The van der Waals surface area contributed by atoms with Crippen LogP contribution in [0.1, 0.15) is 28.9 Å². The van der Waals surface area contributed by atoms with E-state index < -0.39 is 5.91 Å². The number of anilines is 1. The van der Waals surface area contributed by atoms with Gasteiger partial charge in [-0.15, -0.1) is 0 Å². The summed E-state index contributed by atoms with van der Waals surface area (Å²) in [5.74, 6) is -0.836. The van der Waals surface area contributed by atoms with E-state index in [0.717, 1.165) is 6.42 Å². The highest BCUT2D eigenvalue weighted by Gasteiger charge is 2.15. The molecule has 0 aliphatic rings. The van der Waals surface area contributed by atoms with Crippen molar-refractivity contribution in [1.82, 2.24) is 9.97 Å². The lowest BCUT2D eigenvalue weighted by Gasteiger charge is -2.09. The van der Waals surface area contributed by atoms with Gasteiger partial charge in [0.25, 0.3) is 5.91 Å². The van der Waals surface area contributed by atoms with Gasteiger partial charge in [-0.3, -0.25) is 9.59 Å². The largest absolute Gasteiger partial charge is 0.364 e. The van der Waals surface area contributed by atoms with Gasteiger partial charge in [0, 0.05) is 6.42 Å². The van der Waals surface area contributed by atoms with E-state index in [4.69, 9.17) is 5.73 Å². The maximum atomic E-state index is 12.2. The second-order valence-electron chi connectivity index (χ2n) is 5.66. The van der Waals surface area contributed by atoms with Crippen molar-refractivity contribution in [3.8, 4) is 0 Å². The quantitative estimate of drug-likeness (QED) is 0.724. The molecular weight excluding hydrogens is 316 g/mol. The molecule has 6 nitrogen and oxygen atoms in total. The smallest absolute Gasteiger partial charge is 0.271 e. The third-order valence-corrected chi connectivity index (χ3v) is 3.77. The normalized spacial score (nSPS) is 10.6. The van der Waals surface area contributed by atoms with E-state index in [2.05, 4.69) is 15.3 Å². The van der Waals surface area contributed by atoms with Crippen molar-refractivity contribution >= 4 is 28.7 Å². The number of carbonyl (C=O) groups excluding carboxylic acids is 2. The molecule has 3 rings (SSSR count). The fourth-order valence-corrected chi connectivity index (χ4v) is 2.55. The number of aromatic nitrogens is 2. The van der Waals surface area contributed by atoms with Crippen LogP contribution in [0.25, 0.3) is 11.0 Å². The number of primary amides is 1. The Labute approximate surface area is 145 Å². The van der Waals surface area contributed by atoms with Crippen LogP contribution in [0.5, 0.6) is 0 Å². The van der Waals surface area contributed by atoms with Gasteiger partial charge in [-0.2, -0.15) is 0 Å². The molecule has 0 saturated heterocycles. The molecular formula is C19H18N4O2. The van der Waals surface area contributed by atoms with E-state index in [0.29, 0.717) is 23.9 Å². The highest BCUT2D eigenvalue weighted by atomic mass is 16.2. The Balaban J connectivity index is 1.69. The summed E-state index contributed by atoms with van der Waals surface area (Å²) in [7, 11) is 0. The lowest BCUT2D eigenvalue weighted by molar-refractivity contribution is -0.116. The van der Waals surface area contributed by atoms with E-state index in [1.165, 1.54) is 5.56 Å². The molecule has 3 N–H and O–H groups in total. The monoisotopic (exact) mass is 334 g/mol.